The zero-order valence-corrected chi connectivity index (χ0v) is 33.9. The van der Waals surface area contributed by atoms with Crippen LogP contribution in [0.25, 0.3) is 0 Å². The minimum Gasteiger partial charge on any atom is -0.462 e. The van der Waals surface area contributed by atoms with Crippen LogP contribution >= 0.6 is 0 Å². The highest BCUT2D eigenvalue weighted by atomic mass is 16.6. The zero-order valence-electron chi connectivity index (χ0n) is 33.9. The van der Waals surface area contributed by atoms with Crippen LogP contribution in [0.15, 0.2) is 0 Å². The van der Waals surface area contributed by atoms with E-state index in [2.05, 4.69) is 13.8 Å². The molecule has 5 nitrogen and oxygen atoms in total. The van der Waals surface area contributed by atoms with Crippen molar-refractivity contribution in [3.05, 3.63) is 0 Å². The molecule has 50 heavy (non-hydrogen) atoms. The Labute approximate surface area is 312 Å². The first-order valence-electron chi connectivity index (χ1n) is 22.6. The van der Waals surface area contributed by atoms with Crippen LogP contribution in [0.5, 0.6) is 0 Å². The topological polar surface area (TPSA) is 72.8 Å². The van der Waals surface area contributed by atoms with Crippen molar-refractivity contribution in [2.75, 3.05) is 13.2 Å². The van der Waals surface area contributed by atoms with Gasteiger partial charge in [0.25, 0.3) is 0 Å². The Morgan fingerprint density at radius 3 is 0.880 bits per heavy atom. The molecule has 0 rings (SSSR count). The van der Waals surface area contributed by atoms with Gasteiger partial charge in [-0.15, -0.1) is 0 Å². The number of unbranched alkanes of at least 4 members (excludes halogenated alkanes) is 34. The highest BCUT2D eigenvalue weighted by molar-refractivity contribution is 5.70. The lowest BCUT2D eigenvalue weighted by Crippen LogP contribution is -2.28. The number of esters is 2. The van der Waals surface area contributed by atoms with Crippen LogP contribution in [-0.4, -0.2) is 36.4 Å². The van der Waals surface area contributed by atoms with Crippen LogP contribution in [0.2, 0.25) is 0 Å². The minimum atomic E-state index is -0.762. The summed E-state index contributed by atoms with van der Waals surface area (Å²) in [6.45, 7) is 4.18. The first-order valence-corrected chi connectivity index (χ1v) is 22.6. The van der Waals surface area contributed by atoms with Crippen molar-refractivity contribution < 1.29 is 24.2 Å². The largest absolute Gasteiger partial charge is 0.462 e. The molecule has 0 aromatic heterocycles. The first kappa shape index (κ1) is 48.9. The third-order valence-corrected chi connectivity index (χ3v) is 10.4. The molecular weight excluding hydrogens is 620 g/mol. The normalized spacial score (nSPS) is 12.0. The molecule has 0 amide bonds. The summed E-state index contributed by atoms with van der Waals surface area (Å²) in [5.41, 5.74) is 0. The third-order valence-electron chi connectivity index (χ3n) is 10.4. The summed E-state index contributed by atoms with van der Waals surface area (Å²) in [4.78, 5) is 24.3. The SMILES string of the molecule is CCCCCCCCCCCCCCCCCCCCCC(=O)OCC(CO)OC(=O)CCCCCCCCCCCCCCCCCCC. The van der Waals surface area contributed by atoms with Crippen LogP contribution in [0.1, 0.15) is 258 Å². The molecule has 0 saturated carbocycles. The predicted octanol–water partition coefficient (Wildman–Crippen LogP) is 14.3. The van der Waals surface area contributed by atoms with E-state index in [4.69, 9.17) is 9.47 Å². The smallest absolute Gasteiger partial charge is 0.306 e. The molecule has 0 spiro atoms. The molecule has 0 aromatic rings. The van der Waals surface area contributed by atoms with E-state index < -0.39 is 6.10 Å². The number of ether oxygens (including phenoxy) is 2. The summed E-state index contributed by atoms with van der Waals surface area (Å²) >= 11 is 0. The average molecular weight is 709 g/mol. The van der Waals surface area contributed by atoms with E-state index in [0.29, 0.717) is 12.8 Å². The third kappa shape index (κ3) is 39.7. The molecule has 0 aliphatic heterocycles. The molecule has 0 bridgehead atoms. The van der Waals surface area contributed by atoms with Gasteiger partial charge in [-0.2, -0.15) is 0 Å². The molecule has 1 atom stereocenters. The fourth-order valence-corrected chi connectivity index (χ4v) is 6.97. The van der Waals surface area contributed by atoms with E-state index in [9.17, 15) is 14.7 Å². The molecule has 1 unspecified atom stereocenters. The standard InChI is InChI=1S/C45H88O5/c1-3-5-7-9-11-13-15-17-19-21-22-24-25-27-29-31-33-35-37-39-44(47)49-42-43(41-46)50-45(48)40-38-36-34-32-30-28-26-23-20-18-16-14-12-10-8-6-4-2/h43,46H,3-42H2,1-2H3. The van der Waals surface area contributed by atoms with Crippen molar-refractivity contribution in [1.29, 1.82) is 0 Å². The van der Waals surface area contributed by atoms with Gasteiger partial charge in [0.05, 0.1) is 6.61 Å². The summed E-state index contributed by atoms with van der Waals surface area (Å²) in [5.74, 6) is -0.570. The maximum absolute atomic E-state index is 12.2. The van der Waals surface area contributed by atoms with Gasteiger partial charge < -0.3 is 14.6 Å². The molecule has 0 aliphatic rings. The number of carbonyl (C=O) groups excluding carboxylic acids is 2. The summed E-state index contributed by atoms with van der Waals surface area (Å²) in [6, 6.07) is 0. The second kappa shape index (κ2) is 42.3. The van der Waals surface area contributed by atoms with Gasteiger partial charge in [-0.1, -0.05) is 232 Å². The molecular formula is C45H88O5. The van der Waals surface area contributed by atoms with Crippen LogP contribution in [-0.2, 0) is 19.1 Å². The minimum absolute atomic E-state index is 0.0563. The first-order chi connectivity index (χ1) is 24.6. The maximum Gasteiger partial charge on any atom is 0.306 e. The number of hydrogen-bond acceptors (Lipinski definition) is 5. The molecule has 298 valence electrons. The molecule has 1 N–H and O–H groups in total. The fraction of sp³-hybridized carbons (Fsp3) is 0.956. The average Bonchev–Trinajstić information content (AvgIpc) is 3.12. The summed E-state index contributed by atoms with van der Waals surface area (Å²) in [5, 5.41) is 9.58. The van der Waals surface area contributed by atoms with E-state index >= 15 is 0 Å². The van der Waals surface area contributed by atoms with Gasteiger partial charge in [-0.25, -0.2) is 0 Å². The van der Waals surface area contributed by atoms with Gasteiger partial charge in [-0.3, -0.25) is 9.59 Å². The molecule has 5 heteroatoms. The second-order valence-electron chi connectivity index (χ2n) is 15.5. The quantitative estimate of drug-likeness (QED) is 0.0505. The number of rotatable bonds is 42. The van der Waals surface area contributed by atoms with Crippen molar-refractivity contribution in [2.24, 2.45) is 0 Å². The Morgan fingerprint density at radius 2 is 0.620 bits per heavy atom. The van der Waals surface area contributed by atoms with Crippen molar-refractivity contribution in [1.82, 2.24) is 0 Å². The zero-order chi connectivity index (χ0) is 36.4. The molecule has 0 aromatic carbocycles. The number of carbonyl (C=O) groups is 2. The van der Waals surface area contributed by atoms with Gasteiger partial charge in [0.15, 0.2) is 6.10 Å². The Morgan fingerprint density at radius 1 is 0.380 bits per heavy atom. The van der Waals surface area contributed by atoms with Gasteiger partial charge in [0.1, 0.15) is 6.61 Å². The van der Waals surface area contributed by atoms with Crippen molar-refractivity contribution in [2.45, 2.75) is 264 Å². The lowest BCUT2D eigenvalue weighted by atomic mass is 10.0. The molecule has 0 aliphatic carbocycles. The highest BCUT2D eigenvalue weighted by Gasteiger charge is 2.16. The molecule has 0 radical (unpaired) electrons. The lowest BCUT2D eigenvalue weighted by molar-refractivity contribution is -0.161. The summed E-state index contributed by atoms with van der Waals surface area (Å²) in [7, 11) is 0. The Hall–Kier alpha value is -1.10. The van der Waals surface area contributed by atoms with E-state index in [1.807, 2.05) is 0 Å². The number of aliphatic hydroxyl groups excluding tert-OH is 1. The van der Waals surface area contributed by atoms with Crippen LogP contribution in [0.4, 0.5) is 0 Å². The lowest BCUT2D eigenvalue weighted by Gasteiger charge is -2.15. The number of aliphatic hydroxyl groups is 1. The van der Waals surface area contributed by atoms with E-state index in [1.165, 1.54) is 199 Å². The summed E-state index contributed by atoms with van der Waals surface area (Å²) in [6.07, 6.45) is 47.5. The monoisotopic (exact) mass is 709 g/mol. The second-order valence-corrected chi connectivity index (χ2v) is 15.5. The van der Waals surface area contributed by atoms with E-state index in [1.54, 1.807) is 0 Å². The predicted molar refractivity (Wildman–Crippen MR) is 215 cm³/mol. The summed E-state index contributed by atoms with van der Waals surface area (Å²) < 4.78 is 10.7. The molecule has 0 heterocycles. The van der Waals surface area contributed by atoms with Crippen molar-refractivity contribution >= 4 is 11.9 Å². The van der Waals surface area contributed by atoms with Crippen LogP contribution in [0.3, 0.4) is 0 Å². The van der Waals surface area contributed by atoms with Crippen molar-refractivity contribution in [3.8, 4) is 0 Å². The van der Waals surface area contributed by atoms with Crippen molar-refractivity contribution in [3.63, 3.8) is 0 Å². The fourth-order valence-electron chi connectivity index (χ4n) is 6.97. The van der Waals surface area contributed by atoms with Crippen LogP contribution in [0, 0.1) is 0 Å². The highest BCUT2D eigenvalue weighted by Crippen LogP contribution is 2.17. The van der Waals surface area contributed by atoms with Gasteiger partial charge >= 0.3 is 11.9 Å². The Balaban J connectivity index is 3.45. The van der Waals surface area contributed by atoms with Gasteiger partial charge in [0, 0.05) is 12.8 Å². The maximum atomic E-state index is 12.2. The Kier molecular flexibility index (Phi) is 41.4. The van der Waals surface area contributed by atoms with E-state index in [0.717, 1.165) is 32.1 Å². The van der Waals surface area contributed by atoms with Gasteiger partial charge in [-0.05, 0) is 12.8 Å². The molecule has 0 fully saturated rings. The van der Waals surface area contributed by atoms with E-state index in [-0.39, 0.29) is 25.2 Å². The molecule has 0 saturated heterocycles. The van der Waals surface area contributed by atoms with Crippen LogP contribution < -0.4 is 0 Å². The number of hydrogen-bond donors (Lipinski definition) is 1. The Bertz CT molecular complexity index is 680. The van der Waals surface area contributed by atoms with Gasteiger partial charge in [0.2, 0.25) is 0 Å².